The number of rotatable bonds is 1. The SMILES string of the molecule is CC.O=c1oc(-c2ccccc2)nc2ccccc12. The van der Waals surface area contributed by atoms with Gasteiger partial charge in [-0.1, -0.05) is 44.2 Å². The smallest absolute Gasteiger partial charge is 0.347 e. The van der Waals surface area contributed by atoms with Crippen molar-refractivity contribution >= 4 is 10.9 Å². The highest BCUT2D eigenvalue weighted by atomic mass is 16.4. The number of aromatic nitrogens is 1. The zero-order valence-corrected chi connectivity index (χ0v) is 11.0. The van der Waals surface area contributed by atoms with E-state index in [1.54, 1.807) is 18.2 Å². The summed E-state index contributed by atoms with van der Waals surface area (Å²) in [6.07, 6.45) is 0. The standard InChI is InChI=1S/C14H9NO2.C2H6/c16-14-11-8-4-5-9-12(11)15-13(17-14)10-6-2-1-3-7-10;1-2/h1-9H;1-2H3. The van der Waals surface area contributed by atoms with Gasteiger partial charge in [0.05, 0.1) is 10.9 Å². The Kier molecular flexibility index (Phi) is 4.08. The van der Waals surface area contributed by atoms with Gasteiger partial charge >= 0.3 is 5.63 Å². The van der Waals surface area contributed by atoms with Crippen LogP contribution in [0.1, 0.15) is 13.8 Å². The number of fused-ring (bicyclic) bond motifs is 1. The van der Waals surface area contributed by atoms with Gasteiger partial charge in [0, 0.05) is 5.56 Å². The first-order valence-electron chi connectivity index (χ1n) is 6.30. The van der Waals surface area contributed by atoms with Crippen LogP contribution in [0.3, 0.4) is 0 Å². The average Bonchev–Trinajstić information content (AvgIpc) is 2.50. The van der Waals surface area contributed by atoms with Gasteiger partial charge in [0.1, 0.15) is 0 Å². The fraction of sp³-hybridized carbons (Fsp3) is 0.125. The molecule has 0 bridgehead atoms. The number of para-hydroxylation sites is 1. The monoisotopic (exact) mass is 253 g/mol. The van der Waals surface area contributed by atoms with Crippen molar-refractivity contribution in [3.63, 3.8) is 0 Å². The molecule has 96 valence electrons. The molecule has 1 heterocycles. The molecule has 3 heteroatoms. The minimum absolute atomic E-state index is 0.352. The van der Waals surface area contributed by atoms with E-state index in [2.05, 4.69) is 4.98 Å². The van der Waals surface area contributed by atoms with Gasteiger partial charge in [-0.2, -0.15) is 0 Å². The first kappa shape index (κ1) is 13.0. The Morgan fingerprint density at radius 1 is 0.895 bits per heavy atom. The van der Waals surface area contributed by atoms with Gasteiger partial charge in [0.25, 0.3) is 0 Å². The average molecular weight is 253 g/mol. The van der Waals surface area contributed by atoms with Gasteiger partial charge in [0.2, 0.25) is 5.89 Å². The molecule has 1 aromatic heterocycles. The van der Waals surface area contributed by atoms with E-state index in [1.807, 2.05) is 50.2 Å². The number of benzene rings is 2. The van der Waals surface area contributed by atoms with Crippen LogP contribution in [0.25, 0.3) is 22.4 Å². The molecule has 0 spiro atoms. The van der Waals surface area contributed by atoms with E-state index < -0.39 is 0 Å². The molecule has 0 N–H and O–H groups in total. The second kappa shape index (κ2) is 5.96. The fourth-order valence-electron chi connectivity index (χ4n) is 1.72. The molecule has 0 fully saturated rings. The van der Waals surface area contributed by atoms with Crippen molar-refractivity contribution in [1.29, 1.82) is 0 Å². The van der Waals surface area contributed by atoms with E-state index in [0.29, 0.717) is 16.8 Å². The fourth-order valence-corrected chi connectivity index (χ4v) is 1.72. The third kappa shape index (κ3) is 2.71. The van der Waals surface area contributed by atoms with Crippen LogP contribution in [0.2, 0.25) is 0 Å². The van der Waals surface area contributed by atoms with E-state index in [4.69, 9.17) is 4.42 Å². The molecule has 0 radical (unpaired) electrons. The Morgan fingerprint density at radius 3 is 2.26 bits per heavy atom. The first-order chi connectivity index (χ1) is 9.34. The van der Waals surface area contributed by atoms with Crippen molar-refractivity contribution in [2.45, 2.75) is 13.8 Å². The van der Waals surface area contributed by atoms with Crippen molar-refractivity contribution in [3.05, 3.63) is 65.0 Å². The van der Waals surface area contributed by atoms with Crippen LogP contribution >= 0.6 is 0 Å². The summed E-state index contributed by atoms with van der Waals surface area (Å²) in [7, 11) is 0. The summed E-state index contributed by atoms with van der Waals surface area (Å²) in [5, 5.41) is 0.507. The maximum Gasteiger partial charge on any atom is 0.347 e. The van der Waals surface area contributed by atoms with Crippen LogP contribution in [0.4, 0.5) is 0 Å². The maximum absolute atomic E-state index is 11.8. The molecular weight excluding hydrogens is 238 g/mol. The van der Waals surface area contributed by atoms with Gasteiger partial charge in [-0.25, -0.2) is 9.78 Å². The minimum atomic E-state index is -0.352. The molecule has 3 rings (SSSR count). The first-order valence-corrected chi connectivity index (χ1v) is 6.30. The van der Waals surface area contributed by atoms with Crippen molar-refractivity contribution < 1.29 is 4.42 Å². The van der Waals surface area contributed by atoms with Crippen LogP contribution in [-0.2, 0) is 0 Å². The van der Waals surface area contributed by atoms with Gasteiger partial charge in [-0.3, -0.25) is 0 Å². The Labute approximate surface area is 111 Å². The normalized spacial score (nSPS) is 9.79. The molecule has 0 amide bonds. The summed E-state index contributed by atoms with van der Waals surface area (Å²) in [4.78, 5) is 16.1. The maximum atomic E-state index is 11.8. The van der Waals surface area contributed by atoms with Gasteiger partial charge < -0.3 is 4.42 Å². The van der Waals surface area contributed by atoms with E-state index >= 15 is 0 Å². The Bertz CT molecular complexity index is 717. The Balaban J connectivity index is 0.000000637. The zero-order chi connectivity index (χ0) is 13.7. The van der Waals surface area contributed by atoms with Crippen molar-refractivity contribution in [2.75, 3.05) is 0 Å². The summed E-state index contributed by atoms with van der Waals surface area (Å²) in [5.74, 6) is 0.356. The second-order valence-corrected chi connectivity index (χ2v) is 3.69. The molecule has 0 aliphatic rings. The van der Waals surface area contributed by atoms with E-state index in [9.17, 15) is 4.79 Å². The van der Waals surface area contributed by atoms with Gasteiger partial charge in [-0.05, 0) is 24.3 Å². The largest absolute Gasteiger partial charge is 0.403 e. The summed E-state index contributed by atoms with van der Waals surface area (Å²) < 4.78 is 5.21. The lowest BCUT2D eigenvalue weighted by Gasteiger charge is -2.00. The van der Waals surface area contributed by atoms with Crippen LogP contribution in [0.5, 0.6) is 0 Å². The molecular formula is C16H15NO2. The van der Waals surface area contributed by atoms with Crippen LogP contribution in [0.15, 0.2) is 63.8 Å². The zero-order valence-electron chi connectivity index (χ0n) is 11.0. The predicted octanol–water partition coefficient (Wildman–Crippen LogP) is 3.88. The molecule has 3 nitrogen and oxygen atoms in total. The van der Waals surface area contributed by atoms with Gasteiger partial charge in [-0.15, -0.1) is 0 Å². The Hall–Kier alpha value is -2.42. The molecule has 0 unspecified atom stereocenters. The summed E-state index contributed by atoms with van der Waals surface area (Å²) in [5.41, 5.74) is 1.10. The topological polar surface area (TPSA) is 43.1 Å². The Morgan fingerprint density at radius 2 is 1.53 bits per heavy atom. The number of hydrogen-bond donors (Lipinski definition) is 0. The molecule has 19 heavy (non-hydrogen) atoms. The number of hydrogen-bond acceptors (Lipinski definition) is 3. The predicted molar refractivity (Wildman–Crippen MR) is 77.1 cm³/mol. The van der Waals surface area contributed by atoms with Crippen molar-refractivity contribution in [1.82, 2.24) is 4.98 Å². The molecule has 0 saturated heterocycles. The summed E-state index contributed by atoms with van der Waals surface area (Å²) in [6.45, 7) is 4.00. The summed E-state index contributed by atoms with van der Waals surface area (Å²) >= 11 is 0. The van der Waals surface area contributed by atoms with Crippen LogP contribution in [-0.4, -0.2) is 4.98 Å². The molecule has 0 atom stereocenters. The third-order valence-corrected chi connectivity index (χ3v) is 2.56. The van der Waals surface area contributed by atoms with E-state index in [-0.39, 0.29) is 5.63 Å². The highest BCUT2D eigenvalue weighted by Crippen LogP contribution is 2.17. The minimum Gasteiger partial charge on any atom is -0.403 e. The highest BCUT2D eigenvalue weighted by molar-refractivity contribution is 5.78. The lowest BCUT2D eigenvalue weighted by atomic mass is 10.2. The number of nitrogens with zero attached hydrogens (tertiary/aromatic N) is 1. The van der Waals surface area contributed by atoms with E-state index in [1.165, 1.54) is 0 Å². The van der Waals surface area contributed by atoms with Crippen LogP contribution in [0, 0.1) is 0 Å². The highest BCUT2D eigenvalue weighted by Gasteiger charge is 2.06. The van der Waals surface area contributed by atoms with Crippen LogP contribution < -0.4 is 5.63 Å². The molecule has 0 aliphatic carbocycles. The lowest BCUT2D eigenvalue weighted by Crippen LogP contribution is -2.02. The molecule has 0 saturated carbocycles. The van der Waals surface area contributed by atoms with Crippen molar-refractivity contribution in [3.8, 4) is 11.5 Å². The molecule has 2 aromatic carbocycles. The van der Waals surface area contributed by atoms with E-state index in [0.717, 1.165) is 5.56 Å². The van der Waals surface area contributed by atoms with Crippen molar-refractivity contribution in [2.24, 2.45) is 0 Å². The molecule has 0 aliphatic heterocycles. The van der Waals surface area contributed by atoms with Gasteiger partial charge in [0.15, 0.2) is 0 Å². The third-order valence-electron chi connectivity index (χ3n) is 2.56. The quantitative estimate of drug-likeness (QED) is 0.661. The summed E-state index contributed by atoms with van der Waals surface area (Å²) in [6, 6.07) is 16.6. The second-order valence-electron chi connectivity index (χ2n) is 3.69. The lowest BCUT2D eigenvalue weighted by molar-refractivity contribution is 0.518. The molecule has 3 aromatic rings.